The first-order chi connectivity index (χ1) is 9.82. The SMILES string of the molecule is CCCNc1nc(C(C)(C)C)nc(-n2cc(Cl)cn2)c1C. The van der Waals surface area contributed by atoms with Gasteiger partial charge in [0.1, 0.15) is 11.6 Å². The van der Waals surface area contributed by atoms with Crippen LogP contribution in [0, 0.1) is 6.92 Å². The molecule has 0 spiro atoms. The van der Waals surface area contributed by atoms with Gasteiger partial charge in [-0.2, -0.15) is 5.10 Å². The smallest absolute Gasteiger partial charge is 0.162 e. The minimum atomic E-state index is -0.137. The van der Waals surface area contributed by atoms with Crippen LogP contribution in [0.15, 0.2) is 12.4 Å². The third kappa shape index (κ3) is 3.53. The van der Waals surface area contributed by atoms with Gasteiger partial charge >= 0.3 is 0 Å². The number of anilines is 1. The molecule has 6 heteroatoms. The van der Waals surface area contributed by atoms with E-state index in [0.29, 0.717) is 5.02 Å². The molecule has 0 amide bonds. The number of rotatable bonds is 4. The van der Waals surface area contributed by atoms with Gasteiger partial charge in [0, 0.05) is 17.5 Å². The number of hydrogen-bond donors (Lipinski definition) is 1. The summed E-state index contributed by atoms with van der Waals surface area (Å²) in [5.74, 6) is 2.41. The fourth-order valence-corrected chi connectivity index (χ4v) is 2.03. The second-order valence-corrected chi connectivity index (χ2v) is 6.56. The summed E-state index contributed by atoms with van der Waals surface area (Å²) in [6.07, 6.45) is 4.41. The van der Waals surface area contributed by atoms with Crippen LogP contribution in [0.25, 0.3) is 5.82 Å². The van der Waals surface area contributed by atoms with Crippen LogP contribution in [-0.4, -0.2) is 26.3 Å². The standard InChI is InChI=1S/C15H22ClN5/c1-6-7-17-12-10(2)13(21-9-11(16)8-18-21)20-14(19-12)15(3,4)5/h8-9H,6-7H2,1-5H3,(H,17,19,20). The molecule has 0 bridgehead atoms. The minimum absolute atomic E-state index is 0.137. The predicted octanol–water partition coefficient (Wildman–Crippen LogP) is 3.74. The molecule has 0 atom stereocenters. The van der Waals surface area contributed by atoms with E-state index in [2.05, 4.69) is 48.1 Å². The Kier molecular flexibility index (Phi) is 4.52. The maximum atomic E-state index is 5.97. The maximum absolute atomic E-state index is 5.97. The predicted molar refractivity (Wildman–Crippen MR) is 86.4 cm³/mol. The van der Waals surface area contributed by atoms with Gasteiger partial charge in [-0.05, 0) is 13.3 Å². The minimum Gasteiger partial charge on any atom is -0.370 e. The van der Waals surface area contributed by atoms with Crippen molar-refractivity contribution in [2.75, 3.05) is 11.9 Å². The third-order valence-electron chi connectivity index (χ3n) is 3.10. The molecule has 2 aromatic heterocycles. The van der Waals surface area contributed by atoms with Crippen molar-refractivity contribution in [1.29, 1.82) is 0 Å². The van der Waals surface area contributed by atoms with Gasteiger partial charge in [-0.1, -0.05) is 39.3 Å². The lowest BCUT2D eigenvalue weighted by Crippen LogP contribution is -2.20. The lowest BCUT2D eigenvalue weighted by atomic mass is 9.95. The summed E-state index contributed by atoms with van der Waals surface area (Å²) in [5, 5.41) is 8.22. The highest BCUT2D eigenvalue weighted by Crippen LogP contribution is 2.25. The zero-order valence-electron chi connectivity index (χ0n) is 13.2. The lowest BCUT2D eigenvalue weighted by molar-refractivity contribution is 0.542. The Bertz CT molecular complexity index is 627. The zero-order chi connectivity index (χ0) is 15.6. The molecule has 0 aliphatic carbocycles. The van der Waals surface area contributed by atoms with Gasteiger partial charge in [-0.25, -0.2) is 14.6 Å². The second-order valence-electron chi connectivity index (χ2n) is 6.12. The Hall–Kier alpha value is -1.62. The number of nitrogens with zero attached hydrogens (tertiary/aromatic N) is 4. The molecule has 0 saturated carbocycles. The van der Waals surface area contributed by atoms with E-state index in [0.717, 1.165) is 36.0 Å². The molecule has 2 rings (SSSR count). The number of aromatic nitrogens is 4. The Morgan fingerprint density at radius 2 is 2.00 bits per heavy atom. The molecule has 0 aliphatic rings. The first kappa shape index (κ1) is 15.8. The molecule has 114 valence electrons. The monoisotopic (exact) mass is 307 g/mol. The Balaban J connectivity index is 2.57. The number of hydrogen-bond acceptors (Lipinski definition) is 4. The van der Waals surface area contributed by atoms with Gasteiger partial charge in [0.25, 0.3) is 0 Å². The van der Waals surface area contributed by atoms with Crippen molar-refractivity contribution in [3.63, 3.8) is 0 Å². The largest absolute Gasteiger partial charge is 0.370 e. The van der Waals surface area contributed by atoms with Crippen LogP contribution < -0.4 is 5.32 Å². The van der Waals surface area contributed by atoms with Gasteiger partial charge in [-0.3, -0.25) is 0 Å². The highest BCUT2D eigenvalue weighted by atomic mass is 35.5. The Morgan fingerprint density at radius 3 is 2.52 bits per heavy atom. The third-order valence-corrected chi connectivity index (χ3v) is 3.30. The van der Waals surface area contributed by atoms with Crippen molar-refractivity contribution in [1.82, 2.24) is 19.7 Å². The molecular weight excluding hydrogens is 286 g/mol. The summed E-state index contributed by atoms with van der Waals surface area (Å²) >= 11 is 5.97. The first-order valence-electron chi connectivity index (χ1n) is 7.16. The highest BCUT2D eigenvalue weighted by molar-refractivity contribution is 6.30. The molecular formula is C15H22ClN5. The van der Waals surface area contributed by atoms with E-state index in [1.54, 1.807) is 17.1 Å². The van der Waals surface area contributed by atoms with Crippen LogP contribution >= 0.6 is 11.6 Å². The van der Waals surface area contributed by atoms with Gasteiger partial charge in [0.15, 0.2) is 5.82 Å². The van der Waals surface area contributed by atoms with Crippen molar-refractivity contribution in [3.8, 4) is 5.82 Å². The molecule has 0 aromatic carbocycles. The quantitative estimate of drug-likeness (QED) is 0.934. The van der Waals surface area contributed by atoms with Crippen LogP contribution in [-0.2, 0) is 5.41 Å². The maximum Gasteiger partial charge on any atom is 0.162 e. The van der Waals surface area contributed by atoms with E-state index in [-0.39, 0.29) is 5.41 Å². The van der Waals surface area contributed by atoms with Gasteiger partial charge in [-0.15, -0.1) is 0 Å². The van der Waals surface area contributed by atoms with Crippen molar-refractivity contribution in [2.24, 2.45) is 0 Å². The van der Waals surface area contributed by atoms with E-state index < -0.39 is 0 Å². The molecule has 0 unspecified atom stereocenters. The summed E-state index contributed by atoms with van der Waals surface area (Å²) in [7, 11) is 0. The molecule has 0 fully saturated rings. The first-order valence-corrected chi connectivity index (χ1v) is 7.54. The molecule has 21 heavy (non-hydrogen) atoms. The second kappa shape index (κ2) is 6.02. The van der Waals surface area contributed by atoms with E-state index in [1.807, 2.05) is 6.92 Å². The molecule has 0 saturated heterocycles. The average molecular weight is 308 g/mol. The van der Waals surface area contributed by atoms with Crippen molar-refractivity contribution in [2.45, 2.75) is 46.5 Å². The fourth-order valence-electron chi connectivity index (χ4n) is 1.90. The highest BCUT2D eigenvalue weighted by Gasteiger charge is 2.22. The zero-order valence-corrected chi connectivity index (χ0v) is 14.0. The fraction of sp³-hybridized carbons (Fsp3) is 0.533. The Morgan fingerprint density at radius 1 is 1.29 bits per heavy atom. The van der Waals surface area contributed by atoms with Crippen LogP contribution in [0.2, 0.25) is 5.02 Å². The molecule has 5 nitrogen and oxygen atoms in total. The van der Waals surface area contributed by atoms with Crippen molar-refractivity contribution in [3.05, 3.63) is 28.8 Å². The normalized spacial score (nSPS) is 11.7. The number of nitrogens with one attached hydrogen (secondary N) is 1. The molecule has 0 radical (unpaired) electrons. The van der Waals surface area contributed by atoms with Crippen molar-refractivity contribution < 1.29 is 0 Å². The van der Waals surface area contributed by atoms with Crippen LogP contribution in [0.1, 0.15) is 45.5 Å². The van der Waals surface area contributed by atoms with Crippen molar-refractivity contribution >= 4 is 17.4 Å². The van der Waals surface area contributed by atoms with Gasteiger partial charge in [0.05, 0.1) is 17.4 Å². The van der Waals surface area contributed by atoms with E-state index in [1.165, 1.54) is 0 Å². The summed E-state index contributed by atoms with van der Waals surface area (Å²) in [4.78, 5) is 9.36. The molecule has 0 aliphatic heterocycles. The molecule has 2 heterocycles. The lowest BCUT2D eigenvalue weighted by Gasteiger charge is -2.20. The summed E-state index contributed by atoms with van der Waals surface area (Å²) in [5.41, 5.74) is 0.832. The van der Waals surface area contributed by atoms with Gasteiger partial charge < -0.3 is 5.32 Å². The summed E-state index contributed by atoms with van der Waals surface area (Å²) in [6, 6.07) is 0. The number of halogens is 1. The van der Waals surface area contributed by atoms with Gasteiger partial charge in [0.2, 0.25) is 0 Å². The summed E-state index contributed by atoms with van der Waals surface area (Å²) in [6.45, 7) is 11.3. The molecule has 2 aromatic rings. The summed E-state index contributed by atoms with van der Waals surface area (Å²) < 4.78 is 1.70. The average Bonchev–Trinajstić information content (AvgIpc) is 2.82. The topological polar surface area (TPSA) is 55.6 Å². The Labute approximate surface area is 130 Å². The van der Waals surface area contributed by atoms with E-state index in [4.69, 9.17) is 11.6 Å². The van der Waals surface area contributed by atoms with Crippen LogP contribution in [0.5, 0.6) is 0 Å². The van der Waals surface area contributed by atoms with Crippen LogP contribution in [0.3, 0.4) is 0 Å². The molecule has 1 N–H and O–H groups in total. The van der Waals surface area contributed by atoms with E-state index in [9.17, 15) is 0 Å². The van der Waals surface area contributed by atoms with Crippen LogP contribution in [0.4, 0.5) is 5.82 Å². The van der Waals surface area contributed by atoms with E-state index >= 15 is 0 Å².